The van der Waals surface area contributed by atoms with Crippen molar-refractivity contribution in [3.05, 3.63) is 41.1 Å². The van der Waals surface area contributed by atoms with Crippen molar-refractivity contribution < 1.29 is 14.4 Å². The Hall–Kier alpha value is -2.76. The van der Waals surface area contributed by atoms with Gasteiger partial charge in [-0.2, -0.15) is 0 Å². The van der Waals surface area contributed by atoms with Gasteiger partial charge >= 0.3 is 0 Å². The lowest BCUT2D eigenvalue weighted by atomic mass is 9.91. The van der Waals surface area contributed by atoms with E-state index in [1.807, 2.05) is 31.2 Å². The van der Waals surface area contributed by atoms with Crippen LogP contribution in [0, 0.1) is 6.92 Å². The van der Waals surface area contributed by atoms with Gasteiger partial charge in [0.1, 0.15) is 6.29 Å². The van der Waals surface area contributed by atoms with Crippen LogP contribution >= 0.6 is 0 Å². The van der Waals surface area contributed by atoms with Crippen LogP contribution in [0.3, 0.4) is 0 Å². The molecule has 6 heteroatoms. The number of rotatable bonds is 8. The predicted molar refractivity (Wildman–Crippen MR) is 91.5 cm³/mol. The Balaban J connectivity index is 2.42. The summed E-state index contributed by atoms with van der Waals surface area (Å²) >= 11 is 0. The molecule has 2 rings (SSSR count). The summed E-state index contributed by atoms with van der Waals surface area (Å²) in [4.78, 5) is 37.9. The van der Waals surface area contributed by atoms with E-state index in [-0.39, 0.29) is 5.91 Å². The van der Waals surface area contributed by atoms with E-state index < -0.39 is 5.92 Å². The number of likely N-dealkylation sites (N-methyl/N-ethyl adjacent to an activating group) is 1. The lowest BCUT2D eigenvalue weighted by Gasteiger charge is -2.17. The first kappa shape index (κ1) is 17.6. The van der Waals surface area contributed by atoms with E-state index in [1.54, 1.807) is 7.05 Å². The molecule has 0 aliphatic heterocycles. The molecule has 6 nitrogen and oxygen atoms in total. The molecule has 1 atom stereocenters. The van der Waals surface area contributed by atoms with Crippen molar-refractivity contribution in [1.82, 2.24) is 15.6 Å². The number of fused-ring (bicyclic) bond motifs is 1. The normalized spacial score (nSPS) is 11.8. The number of hydrogen-bond acceptors (Lipinski definition) is 4. The van der Waals surface area contributed by atoms with Gasteiger partial charge in [0.25, 0.3) is 0 Å². The van der Waals surface area contributed by atoms with Crippen LogP contribution in [0.2, 0.25) is 0 Å². The van der Waals surface area contributed by atoms with Crippen LogP contribution in [-0.4, -0.2) is 30.6 Å². The summed E-state index contributed by atoms with van der Waals surface area (Å²) in [5, 5.41) is 6.20. The number of nitrogens with one attached hydrogen (secondary N) is 2. The van der Waals surface area contributed by atoms with Crippen LogP contribution in [0.25, 0.3) is 10.9 Å². The fourth-order valence-corrected chi connectivity index (χ4v) is 2.78. The minimum Gasteiger partial charge on any atom is -0.359 e. The average molecular weight is 327 g/mol. The third-order valence-electron chi connectivity index (χ3n) is 4.01. The molecule has 2 amide bonds. The summed E-state index contributed by atoms with van der Waals surface area (Å²) in [5.41, 5.74) is 3.37. The SMILES string of the molecule is CNC(=O)C(CCC=O)c1cc2ccc(CNC=O)cc2nc1C. The zero-order chi connectivity index (χ0) is 17.5. The van der Waals surface area contributed by atoms with Crippen molar-refractivity contribution in [2.75, 3.05) is 7.05 Å². The molecule has 1 aromatic carbocycles. The van der Waals surface area contributed by atoms with Gasteiger partial charge in [-0.15, -0.1) is 0 Å². The van der Waals surface area contributed by atoms with Gasteiger partial charge in [-0.1, -0.05) is 12.1 Å². The molecule has 24 heavy (non-hydrogen) atoms. The summed E-state index contributed by atoms with van der Waals surface area (Å²) in [5.74, 6) is -0.513. The van der Waals surface area contributed by atoms with Crippen molar-refractivity contribution in [3.63, 3.8) is 0 Å². The van der Waals surface area contributed by atoms with Gasteiger partial charge in [-0.05, 0) is 36.6 Å². The third kappa shape index (κ3) is 3.95. The molecular formula is C18H21N3O3. The van der Waals surface area contributed by atoms with E-state index in [0.29, 0.717) is 25.8 Å². The molecule has 0 aliphatic rings. The summed E-state index contributed by atoms with van der Waals surface area (Å²) in [7, 11) is 1.59. The molecular weight excluding hydrogens is 306 g/mol. The second-order valence-corrected chi connectivity index (χ2v) is 5.60. The number of carbonyl (C=O) groups is 3. The molecule has 126 valence electrons. The maximum atomic E-state index is 12.2. The monoisotopic (exact) mass is 327 g/mol. The highest BCUT2D eigenvalue weighted by atomic mass is 16.2. The number of benzene rings is 1. The van der Waals surface area contributed by atoms with Crippen LogP contribution in [0.5, 0.6) is 0 Å². The van der Waals surface area contributed by atoms with E-state index in [1.165, 1.54) is 0 Å². The number of aldehydes is 1. The van der Waals surface area contributed by atoms with Crippen molar-refractivity contribution in [2.24, 2.45) is 0 Å². The molecule has 0 saturated carbocycles. The lowest BCUT2D eigenvalue weighted by molar-refractivity contribution is -0.122. The zero-order valence-corrected chi connectivity index (χ0v) is 13.8. The van der Waals surface area contributed by atoms with Crippen LogP contribution in [-0.2, 0) is 20.9 Å². The van der Waals surface area contributed by atoms with E-state index in [9.17, 15) is 14.4 Å². The van der Waals surface area contributed by atoms with Gasteiger partial charge in [-0.3, -0.25) is 14.6 Å². The lowest BCUT2D eigenvalue weighted by Crippen LogP contribution is -2.26. The summed E-state index contributed by atoms with van der Waals surface area (Å²) in [6.07, 6.45) is 2.27. The molecule has 1 heterocycles. The Morgan fingerprint density at radius 2 is 2.08 bits per heavy atom. The van der Waals surface area contributed by atoms with Gasteiger partial charge in [0, 0.05) is 31.1 Å². The largest absolute Gasteiger partial charge is 0.359 e. The molecule has 1 unspecified atom stereocenters. The molecule has 0 spiro atoms. The maximum Gasteiger partial charge on any atom is 0.227 e. The smallest absolute Gasteiger partial charge is 0.227 e. The summed E-state index contributed by atoms with van der Waals surface area (Å²) < 4.78 is 0. The van der Waals surface area contributed by atoms with Gasteiger partial charge in [0.15, 0.2) is 0 Å². The van der Waals surface area contributed by atoms with Crippen molar-refractivity contribution >= 4 is 29.5 Å². The van der Waals surface area contributed by atoms with Gasteiger partial charge in [0.05, 0.1) is 11.4 Å². The topological polar surface area (TPSA) is 88.2 Å². The van der Waals surface area contributed by atoms with Crippen LogP contribution < -0.4 is 10.6 Å². The Morgan fingerprint density at radius 1 is 1.29 bits per heavy atom. The van der Waals surface area contributed by atoms with E-state index in [2.05, 4.69) is 15.6 Å². The number of aryl methyl sites for hydroxylation is 1. The number of hydrogen-bond donors (Lipinski definition) is 2. The van der Waals surface area contributed by atoms with Crippen molar-refractivity contribution in [3.8, 4) is 0 Å². The minimum atomic E-state index is -0.395. The summed E-state index contributed by atoms with van der Waals surface area (Å²) in [6, 6.07) is 7.72. The second-order valence-electron chi connectivity index (χ2n) is 5.60. The van der Waals surface area contributed by atoms with Crippen LogP contribution in [0.4, 0.5) is 0 Å². The molecule has 0 fully saturated rings. The number of nitrogens with zero attached hydrogens (tertiary/aromatic N) is 1. The van der Waals surface area contributed by atoms with E-state index in [4.69, 9.17) is 0 Å². The predicted octanol–water partition coefficient (Wildman–Crippen LogP) is 1.60. The number of amides is 2. The molecule has 2 aromatic rings. The number of carbonyl (C=O) groups excluding carboxylic acids is 3. The van der Waals surface area contributed by atoms with Crippen molar-refractivity contribution in [1.29, 1.82) is 0 Å². The second kappa shape index (κ2) is 8.19. The summed E-state index contributed by atoms with van der Waals surface area (Å²) in [6.45, 7) is 2.31. The Kier molecular flexibility index (Phi) is 6.01. The highest BCUT2D eigenvalue weighted by Crippen LogP contribution is 2.27. The number of pyridine rings is 1. The number of aromatic nitrogens is 1. The first-order chi connectivity index (χ1) is 11.6. The third-order valence-corrected chi connectivity index (χ3v) is 4.01. The molecule has 1 aromatic heterocycles. The molecule has 0 saturated heterocycles. The highest BCUT2D eigenvalue weighted by Gasteiger charge is 2.22. The van der Waals surface area contributed by atoms with Gasteiger partial charge in [0.2, 0.25) is 12.3 Å². The van der Waals surface area contributed by atoms with Crippen LogP contribution in [0.1, 0.15) is 35.6 Å². The van der Waals surface area contributed by atoms with E-state index in [0.717, 1.165) is 34.0 Å². The zero-order valence-electron chi connectivity index (χ0n) is 13.8. The molecule has 0 bridgehead atoms. The Labute approximate surface area is 140 Å². The minimum absolute atomic E-state index is 0.118. The standard InChI is InChI=1S/C18H21N3O3/c1-12-16(15(4-3-7-22)18(24)19-2)9-14-6-5-13(10-20-11-23)8-17(14)21-12/h5-9,11,15H,3-4,10H2,1-2H3,(H,19,24)(H,20,23). The fourth-order valence-electron chi connectivity index (χ4n) is 2.78. The molecule has 0 radical (unpaired) electrons. The average Bonchev–Trinajstić information content (AvgIpc) is 2.60. The Morgan fingerprint density at radius 3 is 2.75 bits per heavy atom. The molecule has 0 aliphatic carbocycles. The quantitative estimate of drug-likeness (QED) is 0.721. The van der Waals surface area contributed by atoms with Gasteiger partial charge < -0.3 is 15.4 Å². The Bertz CT molecular complexity index is 759. The maximum absolute atomic E-state index is 12.2. The fraction of sp³-hybridized carbons (Fsp3) is 0.333. The molecule has 2 N–H and O–H groups in total. The van der Waals surface area contributed by atoms with Crippen molar-refractivity contribution in [2.45, 2.75) is 32.2 Å². The first-order valence-corrected chi connectivity index (χ1v) is 7.83. The highest BCUT2D eigenvalue weighted by molar-refractivity contribution is 5.87. The first-order valence-electron chi connectivity index (χ1n) is 7.83. The van der Waals surface area contributed by atoms with Gasteiger partial charge in [-0.25, -0.2) is 0 Å². The van der Waals surface area contributed by atoms with Crippen LogP contribution in [0.15, 0.2) is 24.3 Å². The van der Waals surface area contributed by atoms with E-state index >= 15 is 0 Å².